The van der Waals surface area contributed by atoms with Crippen LogP contribution in [0.15, 0.2) is 18.3 Å². The number of alkyl carbamates (subject to hydrolysis) is 2. The van der Waals surface area contributed by atoms with Crippen molar-refractivity contribution < 1.29 is 42.9 Å². The molecule has 3 fully saturated rings. The molecule has 0 bridgehead atoms. The second-order valence-electron chi connectivity index (χ2n) is 12.8. The van der Waals surface area contributed by atoms with Gasteiger partial charge in [-0.25, -0.2) is 18.8 Å². The van der Waals surface area contributed by atoms with E-state index in [0.717, 1.165) is 31.9 Å². The van der Waals surface area contributed by atoms with Crippen LogP contribution in [0.2, 0.25) is 0 Å². The number of carbonyl (C=O) groups is 5. The van der Waals surface area contributed by atoms with Crippen LogP contribution < -0.4 is 16.0 Å². The summed E-state index contributed by atoms with van der Waals surface area (Å²) in [5, 5.41) is 17.9. The molecule has 13 nitrogen and oxygen atoms in total. The normalized spacial score (nSPS) is 27.9. The van der Waals surface area contributed by atoms with Crippen LogP contribution in [0.4, 0.5) is 14.0 Å². The van der Waals surface area contributed by atoms with E-state index in [2.05, 4.69) is 20.9 Å². The highest BCUT2D eigenvalue weighted by atomic mass is 19.1. The number of nitrogens with one attached hydrogen (secondary N) is 3. The highest BCUT2D eigenvalue weighted by Crippen LogP contribution is 2.47. The number of carboxylic acid groups (broad SMARTS) is 1. The van der Waals surface area contributed by atoms with E-state index in [4.69, 9.17) is 9.47 Å². The Balaban J connectivity index is 1.52. The van der Waals surface area contributed by atoms with Crippen molar-refractivity contribution in [1.29, 1.82) is 0 Å². The van der Waals surface area contributed by atoms with Gasteiger partial charge in [0.05, 0.1) is 25.0 Å². The zero-order valence-electron chi connectivity index (χ0n) is 25.4. The molecule has 1 saturated carbocycles. The van der Waals surface area contributed by atoms with Crippen LogP contribution in [-0.4, -0.2) is 80.8 Å². The molecule has 1 aromatic rings. The molecule has 0 radical (unpaired) electrons. The highest BCUT2D eigenvalue weighted by Gasteiger charge is 2.62. The van der Waals surface area contributed by atoms with Crippen molar-refractivity contribution >= 4 is 30.0 Å². The molecule has 4 rings (SSSR count). The average molecular weight is 620 g/mol. The predicted molar refractivity (Wildman–Crippen MR) is 154 cm³/mol. The van der Waals surface area contributed by atoms with Gasteiger partial charge in [-0.1, -0.05) is 32.1 Å². The van der Waals surface area contributed by atoms with Gasteiger partial charge in [0, 0.05) is 6.42 Å². The average Bonchev–Trinajstić information content (AvgIpc) is 3.48. The van der Waals surface area contributed by atoms with Crippen LogP contribution in [-0.2, 0) is 30.4 Å². The molecule has 14 heteroatoms. The first kappa shape index (κ1) is 32.9. The summed E-state index contributed by atoms with van der Waals surface area (Å²) in [7, 11) is 0. The Hall–Kier alpha value is -3.97. The molecule has 2 saturated heterocycles. The molecule has 5 atom stereocenters. The monoisotopic (exact) mass is 619 g/mol. The Morgan fingerprint density at radius 3 is 2.48 bits per heavy atom. The second-order valence-corrected chi connectivity index (χ2v) is 12.8. The van der Waals surface area contributed by atoms with Crippen molar-refractivity contribution in [3.63, 3.8) is 0 Å². The van der Waals surface area contributed by atoms with Gasteiger partial charge in [0.1, 0.15) is 35.1 Å². The quantitative estimate of drug-likeness (QED) is 0.386. The lowest BCUT2D eigenvalue weighted by Crippen LogP contribution is -2.56. The van der Waals surface area contributed by atoms with E-state index in [-0.39, 0.29) is 25.4 Å². The van der Waals surface area contributed by atoms with Gasteiger partial charge >= 0.3 is 18.2 Å². The Bertz CT molecular complexity index is 1240. The molecule has 0 spiro atoms. The Kier molecular flexibility index (Phi) is 10.3. The van der Waals surface area contributed by atoms with Crippen molar-refractivity contribution in [2.45, 2.75) is 114 Å². The summed E-state index contributed by atoms with van der Waals surface area (Å²) >= 11 is 0. The highest BCUT2D eigenvalue weighted by molar-refractivity contribution is 5.96. The molecule has 44 heavy (non-hydrogen) atoms. The minimum Gasteiger partial charge on any atom is -0.479 e. The number of pyridine rings is 1. The topological polar surface area (TPSA) is 176 Å². The van der Waals surface area contributed by atoms with Gasteiger partial charge in [0.2, 0.25) is 11.8 Å². The van der Waals surface area contributed by atoms with Gasteiger partial charge in [-0.2, -0.15) is 0 Å². The lowest BCUT2D eigenvalue weighted by atomic mass is 10.0. The molecule has 4 amide bonds. The summed E-state index contributed by atoms with van der Waals surface area (Å²) in [5.41, 5.74) is -1.81. The first-order chi connectivity index (χ1) is 20.8. The van der Waals surface area contributed by atoms with Gasteiger partial charge in [-0.05, 0) is 58.1 Å². The van der Waals surface area contributed by atoms with Crippen molar-refractivity contribution in [2.24, 2.45) is 5.92 Å². The third kappa shape index (κ3) is 8.56. The van der Waals surface area contributed by atoms with E-state index in [9.17, 15) is 33.5 Å². The first-order valence-electron chi connectivity index (χ1n) is 15.2. The molecule has 3 aliphatic rings. The van der Waals surface area contributed by atoms with Crippen LogP contribution in [0.1, 0.15) is 84.3 Å². The zero-order valence-corrected chi connectivity index (χ0v) is 25.4. The number of halogens is 1. The van der Waals surface area contributed by atoms with Gasteiger partial charge in [0.15, 0.2) is 0 Å². The number of hydrogen-bond acceptors (Lipinski definition) is 8. The van der Waals surface area contributed by atoms with Crippen molar-refractivity contribution in [1.82, 2.24) is 25.8 Å². The summed E-state index contributed by atoms with van der Waals surface area (Å²) in [5.74, 6) is -3.06. The minimum atomic E-state index is -1.40. The van der Waals surface area contributed by atoms with E-state index in [1.165, 1.54) is 17.0 Å². The summed E-state index contributed by atoms with van der Waals surface area (Å²) < 4.78 is 24.1. The standard InChI is InChI=1S/C30H42FN5O8/c1-29(2,3)44-28(42)34-22-10-8-6-4-5-7-9-18-14-30(18,26(39)40)35-24(37)23-13-21(17-36(23)25(22)38)43-27(41)33-16-20-12-11-19(31)15-32-20/h11-12,15,18,21-23H,4-10,13-14,16-17H2,1-3H3,(H,33,41)(H,34,42)(H,35,37)(H,39,40)/t18-,21-,22+,23+,30-/m1/s1. The minimum absolute atomic E-state index is 0.0389. The summed E-state index contributed by atoms with van der Waals surface area (Å²) in [4.78, 5) is 70.3. The molecule has 242 valence electrons. The molecule has 1 aliphatic carbocycles. The largest absolute Gasteiger partial charge is 0.479 e. The maximum atomic E-state index is 14.0. The Morgan fingerprint density at radius 1 is 1.11 bits per heavy atom. The SMILES string of the molecule is CC(C)(C)OC(=O)N[C@H]1CCCCCCC[C@@H]2C[C@@]2(C(=O)O)NC(=O)[C@@H]2C[C@@H](OC(=O)NCc3ccc(F)cn3)CN2C1=O. The number of carboxylic acids is 1. The number of nitrogens with zero attached hydrogens (tertiary/aromatic N) is 2. The van der Waals surface area contributed by atoms with Crippen LogP contribution in [0.3, 0.4) is 0 Å². The van der Waals surface area contributed by atoms with Gasteiger partial charge in [-0.3, -0.25) is 14.6 Å². The molecule has 0 unspecified atom stereocenters. The fourth-order valence-corrected chi connectivity index (χ4v) is 5.87. The maximum Gasteiger partial charge on any atom is 0.408 e. The summed E-state index contributed by atoms with van der Waals surface area (Å²) in [6.07, 6.45) is 3.77. The van der Waals surface area contributed by atoms with Crippen LogP contribution in [0.5, 0.6) is 0 Å². The predicted octanol–water partition coefficient (Wildman–Crippen LogP) is 3.01. The van der Waals surface area contributed by atoms with E-state index in [0.29, 0.717) is 31.4 Å². The lowest BCUT2D eigenvalue weighted by Gasteiger charge is -2.30. The van der Waals surface area contributed by atoms with Gasteiger partial charge < -0.3 is 35.4 Å². The molecule has 4 N–H and O–H groups in total. The number of hydrogen-bond donors (Lipinski definition) is 4. The van der Waals surface area contributed by atoms with Gasteiger partial charge in [-0.15, -0.1) is 0 Å². The number of carbonyl (C=O) groups excluding carboxylic acids is 4. The molecule has 3 heterocycles. The molecule has 2 aliphatic heterocycles. The van der Waals surface area contributed by atoms with Crippen molar-refractivity contribution in [3.8, 4) is 0 Å². The molecule has 1 aromatic heterocycles. The second kappa shape index (κ2) is 13.8. The van der Waals surface area contributed by atoms with Crippen LogP contribution in [0.25, 0.3) is 0 Å². The number of aromatic nitrogens is 1. The van der Waals surface area contributed by atoms with E-state index < -0.39 is 65.1 Å². The maximum absolute atomic E-state index is 14.0. The number of amides is 4. The van der Waals surface area contributed by atoms with Crippen LogP contribution in [0, 0.1) is 11.7 Å². The van der Waals surface area contributed by atoms with Crippen molar-refractivity contribution in [3.05, 3.63) is 29.8 Å². The Labute approximate surface area is 255 Å². The third-order valence-corrected chi connectivity index (χ3v) is 8.19. The molecular formula is C30H42FN5O8. The van der Waals surface area contributed by atoms with E-state index in [1.807, 2.05) is 0 Å². The zero-order chi connectivity index (χ0) is 32.1. The summed E-state index contributed by atoms with van der Waals surface area (Å²) in [6, 6.07) is 0.471. The van der Waals surface area contributed by atoms with E-state index >= 15 is 0 Å². The van der Waals surface area contributed by atoms with Crippen LogP contribution >= 0.6 is 0 Å². The lowest BCUT2D eigenvalue weighted by molar-refractivity contribution is -0.146. The first-order valence-corrected chi connectivity index (χ1v) is 15.2. The molecule has 0 aromatic carbocycles. The van der Waals surface area contributed by atoms with Crippen molar-refractivity contribution in [2.75, 3.05) is 6.54 Å². The van der Waals surface area contributed by atoms with E-state index in [1.54, 1.807) is 20.8 Å². The number of rotatable bonds is 5. The number of ether oxygens (including phenoxy) is 2. The number of aliphatic carboxylic acids is 1. The summed E-state index contributed by atoms with van der Waals surface area (Å²) in [6.45, 7) is 4.93. The third-order valence-electron chi connectivity index (χ3n) is 8.19. The Morgan fingerprint density at radius 2 is 1.82 bits per heavy atom. The molecular weight excluding hydrogens is 577 g/mol. The fourth-order valence-electron chi connectivity index (χ4n) is 5.87. The van der Waals surface area contributed by atoms with Gasteiger partial charge in [0.25, 0.3) is 0 Å². The fraction of sp³-hybridized carbons (Fsp3) is 0.667. The number of fused-ring (bicyclic) bond motifs is 2. The smallest absolute Gasteiger partial charge is 0.408 e.